The van der Waals surface area contributed by atoms with Gasteiger partial charge in [-0.1, -0.05) is 57.6 Å². The number of benzene rings is 2. The fourth-order valence-corrected chi connectivity index (χ4v) is 5.51. The zero-order valence-corrected chi connectivity index (χ0v) is 18.6. The van der Waals surface area contributed by atoms with E-state index in [-0.39, 0.29) is 5.56 Å². The Morgan fingerprint density at radius 3 is 2.73 bits per heavy atom. The van der Waals surface area contributed by atoms with Crippen molar-refractivity contribution in [3.8, 4) is 5.75 Å². The van der Waals surface area contributed by atoms with E-state index in [4.69, 9.17) is 14.5 Å². The van der Waals surface area contributed by atoms with Crippen molar-refractivity contribution in [1.29, 1.82) is 0 Å². The third kappa shape index (κ3) is 2.86. The molecule has 2 aromatic carbocycles. The van der Waals surface area contributed by atoms with E-state index in [9.17, 15) is 9.59 Å². The summed E-state index contributed by atoms with van der Waals surface area (Å²) < 4.78 is 14.4. The van der Waals surface area contributed by atoms with Crippen molar-refractivity contribution < 1.29 is 14.3 Å². The van der Waals surface area contributed by atoms with E-state index >= 15 is 0 Å². The minimum atomic E-state index is -1.15. The summed E-state index contributed by atoms with van der Waals surface area (Å²) in [6.45, 7) is 1.77. The average molecular weight is 485 g/mol. The van der Waals surface area contributed by atoms with E-state index < -0.39 is 23.7 Å². The number of aromatic nitrogens is 1. The number of para-hydroxylation sites is 1. The maximum atomic E-state index is 13.4. The molecule has 5 rings (SSSR count). The summed E-state index contributed by atoms with van der Waals surface area (Å²) in [4.78, 5) is 31.4. The second kappa shape index (κ2) is 6.92. The molecule has 2 bridgehead atoms. The van der Waals surface area contributed by atoms with Gasteiger partial charge in [0.25, 0.3) is 5.56 Å². The molecule has 0 saturated carbocycles. The number of carbonyl (C=O) groups excluding carboxylic acids is 1. The van der Waals surface area contributed by atoms with Crippen LogP contribution in [-0.2, 0) is 9.53 Å². The summed E-state index contributed by atoms with van der Waals surface area (Å²) in [5.41, 5.74) is 0.346. The highest BCUT2D eigenvalue weighted by atomic mass is 79.9. The number of nitrogens with zero attached hydrogens (tertiary/aromatic N) is 2. The van der Waals surface area contributed by atoms with Crippen molar-refractivity contribution in [3.05, 3.63) is 83.8 Å². The lowest BCUT2D eigenvalue weighted by molar-refractivity contribution is -0.158. The summed E-state index contributed by atoms with van der Waals surface area (Å²) in [6.07, 6.45) is 1.84. The molecule has 0 aliphatic carbocycles. The molecule has 0 unspecified atom stereocenters. The molecule has 6 nitrogen and oxygen atoms in total. The van der Waals surface area contributed by atoms with E-state index in [1.54, 1.807) is 11.5 Å². The molecular formula is C22H17BrN2O4S. The molecule has 152 valence electrons. The number of esters is 1. The first-order valence-corrected chi connectivity index (χ1v) is 11.0. The molecule has 0 fully saturated rings. The van der Waals surface area contributed by atoms with Crippen LogP contribution in [0.3, 0.4) is 0 Å². The predicted octanol–water partition coefficient (Wildman–Crippen LogP) is 2.62. The molecule has 0 saturated heterocycles. The number of thiazole rings is 1. The number of rotatable bonds is 2. The first kappa shape index (κ1) is 19.3. The van der Waals surface area contributed by atoms with Crippen LogP contribution < -0.4 is 19.6 Å². The van der Waals surface area contributed by atoms with E-state index in [0.29, 0.717) is 15.1 Å². The molecule has 8 heteroatoms. The van der Waals surface area contributed by atoms with Gasteiger partial charge in [-0.2, -0.15) is 0 Å². The molecule has 1 aromatic heterocycles. The van der Waals surface area contributed by atoms with Gasteiger partial charge in [0.15, 0.2) is 4.80 Å². The van der Waals surface area contributed by atoms with Gasteiger partial charge in [0.05, 0.1) is 17.7 Å². The Bertz CT molecular complexity index is 1340. The number of methoxy groups -OCH3 is 1. The number of hydrogen-bond acceptors (Lipinski definition) is 6. The average Bonchev–Trinajstić information content (AvgIpc) is 3.02. The quantitative estimate of drug-likeness (QED) is 0.524. The topological polar surface area (TPSA) is 69.9 Å². The van der Waals surface area contributed by atoms with Crippen LogP contribution >= 0.6 is 27.3 Å². The maximum Gasteiger partial charge on any atom is 0.317 e. The molecular weight excluding hydrogens is 468 g/mol. The van der Waals surface area contributed by atoms with Crippen LogP contribution in [0.2, 0.25) is 0 Å². The van der Waals surface area contributed by atoms with E-state index in [0.717, 1.165) is 15.6 Å². The highest BCUT2D eigenvalue weighted by molar-refractivity contribution is 9.10. The van der Waals surface area contributed by atoms with Gasteiger partial charge in [-0.25, -0.2) is 4.99 Å². The molecule has 3 heterocycles. The van der Waals surface area contributed by atoms with E-state index in [1.807, 2.05) is 54.6 Å². The Morgan fingerprint density at radius 2 is 2.00 bits per heavy atom. The van der Waals surface area contributed by atoms with Crippen molar-refractivity contribution >= 4 is 39.3 Å². The molecule has 3 aromatic rings. The Morgan fingerprint density at radius 1 is 1.27 bits per heavy atom. The summed E-state index contributed by atoms with van der Waals surface area (Å²) in [5, 5.41) is 0. The zero-order chi connectivity index (χ0) is 21.0. The zero-order valence-electron chi connectivity index (χ0n) is 16.2. The van der Waals surface area contributed by atoms with Crippen LogP contribution in [0.15, 0.2) is 62.8 Å². The van der Waals surface area contributed by atoms with Gasteiger partial charge in [-0.05, 0) is 36.8 Å². The molecule has 30 heavy (non-hydrogen) atoms. The van der Waals surface area contributed by atoms with Crippen LogP contribution in [0.1, 0.15) is 24.1 Å². The summed E-state index contributed by atoms with van der Waals surface area (Å²) in [7, 11) is 1.34. The molecule has 2 aliphatic rings. The van der Waals surface area contributed by atoms with Gasteiger partial charge in [0, 0.05) is 10.0 Å². The fourth-order valence-electron chi connectivity index (χ4n) is 4.14. The van der Waals surface area contributed by atoms with Gasteiger partial charge in [-0.3, -0.25) is 14.2 Å². The SMILES string of the molecule is COC(=O)[C@H]1[C@H]2c3ccccc3O[C@]1(C)N=c1s/c(=C\c3ccc(Br)cc3)c(=O)n12. The second-order valence-corrected chi connectivity index (χ2v) is 9.30. The Kier molecular flexibility index (Phi) is 4.44. The van der Waals surface area contributed by atoms with Gasteiger partial charge >= 0.3 is 5.97 Å². The van der Waals surface area contributed by atoms with Crippen LogP contribution in [0, 0.1) is 5.92 Å². The smallest absolute Gasteiger partial charge is 0.317 e. The van der Waals surface area contributed by atoms with Crippen LogP contribution in [0.5, 0.6) is 5.75 Å². The van der Waals surface area contributed by atoms with Crippen LogP contribution in [0.4, 0.5) is 0 Å². The Balaban J connectivity index is 1.79. The number of carbonyl (C=O) groups is 1. The number of hydrogen-bond donors (Lipinski definition) is 0. The minimum absolute atomic E-state index is 0.181. The van der Waals surface area contributed by atoms with Crippen molar-refractivity contribution in [2.45, 2.75) is 18.7 Å². The number of fused-ring (bicyclic) bond motifs is 6. The lowest BCUT2D eigenvalue weighted by atomic mass is 9.81. The molecule has 0 radical (unpaired) electrons. The number of halogens is 1. The molecule has 0 N–H and O–H groups in total. The summed E-state index contributed by atoms with van der Waals surface area (Å²) in [6, 6.07) is 14.6. The largest absolute Gasteiger partial charge is 0.469 e. The summed E-state index contributed by atoms with van der Waals surface area (Å²) >= 11 is 4.72. The Labute approximate surface area is 184 Å². The molecule has 3 atom stereocenters. The molecule has 2 aliphatic heterocycles. The minimum Gasteiger partial charge on any atom is -0.469 e. The van der Waals surface area contributed by atoms with Gasteiger partial charge in [0.1, 0.15) is 11.7 Å². The van der Waals surface area contributed by atoms with Gasteiger partial charge in [0.2, 0.25) is 5.72 Å². The van der Waals surface area contributed by atoms with Gasteiger partial charge in [-0.15, -0.1) is 0 Å². The third-order valence-corrected chi connectivity index (χ3v) is 7.01. The second-order valence-electron chi connectivity index (χ2n) is 7.37. The predicted molar refractivity (Wildman–Crippen MR) is 116 cm³/mol. The van der Waals surface area contributed by atoms with Crippen molar-refractivity contribution in [2.75, 3.05) is 7.11 Å². The highest BCUT2D eigenvalue weighted by Crippen LogP contribution is 2.47. The standard InChI is InChI=1S/C22H17BrN2O4S/c1-22-17(20(27)28-2)18(14-5-3-4-6-15(14)29-22)25-19(26)16(30-21(25)24-22)11-12-7-9-13(23)10-8-12/h3-11,17-18H,1-2H3/b16-11-/t17-,18-,22+/m1/s1. The maximum absolute atomic E-state index is 13.4. The molecule has 0 spiro atoms. The van der Waals surface area contributed by atoms with Crippen LogP contribution in [-0.4, -0.2) is 23.4 Å². The van der Waals surface area contributed by atoms with Crippen molar-refractivity contribution in [3.63, 3.8) is 0 Å². The lowest BCUT2D eigenvalue weighted by Gasteiger charge is -2.44. The van der Waals surface area contributed by atoms with E-state index in [2.05, 4.69) is 15.9 Å². The normalized spacial score (nSPS) is 24.3. The fraction of sp³-hybridized carbons (Fsp3) is 0.227. The van der Waals surface area contributed by atoms with Crippen molar-refractivity contribution in [2.24, 2.45) is 10.9 Å². The summed E-state index contributed by atoms with van der Waals surface area (Å²) in [5.74, 6) is -0.600. The molecule has 0 amide bonds. The first-order chi connectivity index (χ1) is 14.4. The van der Waals surface area contributed by atoms with Crippen LogP contribution in [0.25, 0.3) is 6.08 Å². The lowest BCUT2D eigenvalue weighted by Crippen LogP contribution is -2.58. The Hall–Kier alpha value is -2.71. The third-order valence-electron chi connectivity index (χ3n) is 5.50. The van der Waals surface area contributed by atoms with Gasteiger partial charge < -0.3 is 9.47 Å². The monoisotopic (exact) mass is 484 g/mol. The van der Waals surface area contributed by atoms with Crippen molar-refractivity contribution in [1.82, 2.24) is 4.57 Å². The highest BCUT2D eigenvalue weighted by Gasteiger charge is 2.55. The first-order valence-electron chi connectivity index (χ1n) is 9.35. The van der Waals surface area contributed by atoms with E-state index in [1.165, 1.54) is 18.4 Å². The number of ether oxygens (including phenoxy) is 2.